The zero-order chi connectivity index (χ0) is 20.3. The Morgan fingerprint density at radius 3 is 2.32 bits per heavy atom. The highest BCUT2D eigenvalue weighted by atomic mass is 32.2. The van der Waals surface area contributed by atoms with E-state index in [0.29, 0.717) is 5.69 Å². The van der Waals surface area contributed by atoms with Gasteiger partial charge in [0.25, 0.3) is 5.69 Å². The summed E-state index contributed by atoms with van der Waals surface area (Å²) in [5, 5.41) is 13.3. The van der Waals surface area contributed by atoms with Crippen LogP contribution in [0.25, 0.3) is 0 Å². The van der Waals surface area contributed by atoms with Gasteiger partial charge in [0.1, 0.15) is 12.2 Å². The summed E-state index contributed by atoms with van der Waals surface area (Å²) in [6.45, 7) is 1.84. The van der Waals surface area contributed by atoms with Crippen molar-refractivity contribution in [2.45, 2.75) is 24.0 Å². The first kappa shape index (κ1) is 19.9. The summed E-state index contributed by atoms with van der Waals surface area (Å²) in [4.78, 5) is 22.7. The molecule has 2 atom stereocenters. The van der Waals surface area contributed by atoms with E-state index in [-0.39, 0.29) is 10.6 Å². The Morgan fingerprint density at radius 1 is 1.07 bits per heavy atom. The quantitative estimate of drug-likeness (QED) is 0.335. The fourth-order valence-electron chi connectivity index (χ4n) is 2.52. The number of nitrogens with zero attached hydrogens (tertiary/aromatic N) is 1. The second kappa shape index (κ2) is 8.00. The van der Waals surface area contributed by atoms with Gasteiger partial charge in [-0.3, -0.25) is 14.9 Å². The Morgan fingerprint density at radius 2 is 1.71 bits per heavy atom. The van der Waals surface area contributed by atoms with Crippen molar-refractivity contribution in [3.63, 3.8) is 0 Å². The van der Waals surface area contributed by atoms with Gasteiger partial charge >= 0.3 is 0 Å². The average molecular weight is 406 g/mol. The molecule has 2 aromatic rings. The molecule has 1 aliphatic heterocycles. The summed E-state index contributed by atoms with van der Waals surface area (Å²) in [5.41, 5.74) is 8.93. The number of carbonyl (C=O) groups is 1. The number of nitrogens with one attached hydrogen (secondary N) is 5. The van der Waals surface area contributed by atoms with Crippen LogP contribution in [0.2, 0.25) is 0 Å². The lowest BCUT2D eigenvalue weighted by atomic mass is 10.2. The van der Waals surface area contributed by atoms with E-state index in [1.54, 1.807) is 12.1 Å². The van der Waals surface area contributed by atoms with Crippen LogP contribution in [0, 0.1) is 17.0 Å². The zero-order valence-corrected chi connectivity index (χ0v) is 15.5. The molecule has 148 valence electrons. The lowest BCUT2D eigenvalue weighted by Gasteiger charge is -2.19. The molecule has 5 N–H and O–H groups in total. The minimum absolute atomic E-state index is 0.0707. The summed E-state index contributed by atoms with van der Waals surface area (Å²) in [7, 11) is -3.86. The van der Waals surface area contributed by atoms with Crippen LogP contribution >= 0.6 is 0 Å². The molecule has 11 nitrogen and oxygen atoms in total. The van der Waals surface area contributed by atoms with Gasteiger partial charge in [-0.1, -0.05) is 17.7 Å². The van der Waals surface area contributed by atoms with Gasteiger partial charge in [0.2, 0.25) is 15.9 Å². The van der Waals surface area contributed by atoms with Crippen LogP contribution < -0.4 is 26.4 Å². The highest BCUT2D eigenvalue weighted by Gasteiger charge is 2.36. The number of sulfonamides is 1. The van der Waals surface area contributed by atoms with Crippen molar-refractivity contribution in [2.75, 3.05) is 5.32 Å². The Kier molecular flexibility index (Phi) is 5.67. The molecule has 1 heterocycles. The molecule has 1 amide bonds. The lowest BCUT2D eigenvalue weighted by molar-refractivity contribution is -0.384. The Bertz CT molecular complexity index is 978. The van der Waals surface area contributed by atoms with E-state index in [0.717, 1.165) is 5.56 Å². The molecule has 28 heavy (non-hydrogen) atoms. The molecule has 1 saturated heterocycles. The van der Waals surface area contributed by atoms with Gasteiger partial charge in [0, 0.05) is 17.8 Å². The number of non-ortho nitro benzene ring substituents is 1. The summed E-state index contributed by atoms with van der Waals surface area (Å²) < 4.78 is 27.5. The van der Waals surface area contributed by atoms with Crippen molar-refractivity contribution in [1.82, 2.24) is 21.1 Å². The van der Waals surface area contributed by atoms with E-state index in [2.05, 4.69) is 26.4 Å². The van der Waals surface area contributed by atoms with Gasteiger partial charge in [-0.2, -0.15) is 10.3 Å². The van der Waals surface area contributed by atoms with Crippen LogP contribution in [0.15, 0.2) is 53.4 Å². The van der Waals surface area contributed by atoms with E-state index >= 15 is 0 Å². The number of hydrogen-bond acceptors (Lipinski definition) is 8. The second-order valence-corrected chi connectivity index (χ2v) is 7.81. The van der Waals surface area contributed by atoms with E-state index in [9.17, 15) is 23.3 Å². The van der Waals surface area contributed by atoms with Crippen LogP contribution in [0.1, 0.15) is 5.56 Å². The molecule has 0 aliphatic carbocycles. The molecule has 1 fully saturated rings. The summed E-state index contributed by atoms with van der Waals surface area (Å²) in [6, 6.07) is 10.6. The number of nitro benzene ring substituents is 1. The first-order chi connectivity index (χ1) is 13.3. The number of hydrogen-bond donors (Lipinski definition) is 5. The lowest BCUT2D eigenvalue weighted by Crippen LogP contribution is -2.53. The van der Waals surface area contributed by atoms with Gasteiger partial charge in [0.15, 0.2) is 0 Å². The molecule has 2 unspecified atom stereocenters. The van der Waals surface area contributed by atoms with Gasteiger partial charge in [0.05, 0.1) is 9.82 Å². The van der Waals surface area contributed by atoms with Gasteiger partial charge in [-0.25, -0.2) is 19.3 Å². The fourth-order valence-corrected chi connectivity index (χ4v) is 3.68. The topological polar surface area (TPSA) is 155 Å². The third-order valence-electron chi connectivity index (χ3n) is 4.03. The van der Waals surface area contributed by atoms with Gasteiger partial charge < -0.3 is 5.32 Å². The SMILES string of the molecule is Cc1ccc(S(=O)(=O)NC2NNNC2C(=O)Nc2ccc([N+](=O)[O-])cc2)cc1. The van der Waals surface area contributed by atoms with Gasteiger partial charge in [-0.05, 0) is 31.2 Å². The summed E-state index contributed by atoms with van der Waals surface area (Å²) in [5.74, 6) is -0.539. The highest BCUT2D eigenvalue weighted by molar-refractivity contribution is 7.89. The highest BCUT2D eigenvalue weighted by Crippen LogP contribution is 2.16. The van der Waals surface area contributed by atoms with Crippen molar-refractivity contribution < 1.29 is 18.1 Å². The molecule has 0 bridgehead atoms. The van der Waals surface area contributed by atoms with Crippen molar-refractivity contribution >= 4 is 27.3 Å². The number of benzene rings is 2. The number of nitro groups is 1. The molecule has 12 heteroatoms. The first-order valence-electron chi connectivity index (χ1n) is 8.17. The average Bonchev–Trinajstić information content (AvgIpc) is 3.10. The molecule has 0 saturated carbocycles. The third-order valence-corrected chi connectivity index (χ3v) is 5.49. The van der Waals surface area contributed by atoms with Crippen molar-refractivity contribution in [3.05, 3.63) is 64.2 Å². The fraction of sp³-hybridized carbons (Fsp3) is 0.188. The predicted molar refractivity (Wildman–Crippen MR) is 100 cm³/mol. The van der Waals surface area contributed by atoms with Crippen molar-refractivity contribution in [3.8, 4) is 0 Å². The van der Waals surface area contributed by atoms with Crippen molar-refractivity contribution in [2.24, 2.45) is 0 Å². The minimum atomic E-state index is -3.86. The standard InChI is InChI=1S/C16H18N6O5S/c1-10-2-8-13(9-3-10)28(26,27)20-15-14(18-21-19-15)16(23)17-11-4-6-12(7-5-11)22(24)25/h2-9,14-15,18-21H,1H3,(H,17,23). The zero-order valence-electron chi connectivity index (χ0n) is 14.7. The number of hydrazine groups is 2. The predicted octanol–water partition coefficient (Wildman–Crippen LogP) is 0.127. The van der Waals surface area contributed by atoms with Crippen LogP contribution in [0.5, 0.6) is 0 Å². The van der Waals surface area contributed by atoms with E-state index < -0.39 is 33.1 Å². The van der Waals surface area contributed by atoms with Crippen LogP contribution in [-0.2, 0) is 14.8 Å². The molecular weight excluding hydrogens is 388 g/mol. The molecule has 2 aromatic carbocycles. The van der Waals surface area contributed by atoms with Crippen molar-refractivity contribution in [1.29, 1.82) is 0 Å². The number of rotatable bonds is 6. The van der Waals surface area contributed by atoms with Crippen LogP contribution in [0.3, 0.4) is 0 Å². The number of amides is 1. The molecule has 1 aliphatic rings. The maximum atomic E-state index is 12.5. The second-order valence-electron chi connectivity index (χ2n) is 6.10. The minimum Gasteiger partial charge on any atom is -0.325 e. The largest absolute Gasteiger partial charge is 0.325 e. The number of carbonyl (C=O) groups excluding carboxylic acids is 1. The van der Waals surface area contributed by atoms with E-state index in [4.69, 9.17) is 0 Å². The van der Waals surface area contributed by atoms with Crippen LogP contribution in [0.4, 0.5) is 11.4 Å². The number of aryl methyl sites for hydroxylation is 1. The molecular formula is C16H18N6O5S. The molecule has 0 aromatic heterocycles. The third kappa shape index (κ3) is 4.49. The smallest absolute Gasteiger partial charge is 0.269 e. The Balaban J connectivity index is 1.69. The summed E-state index contributed by atoms with van der Waals surface area (Å²) in [6.07, 6.45) is -0.968. The number of anilines is 1. The molecule has 0 spiro atoms. The molecule has 0 radical (unpaired) electrons. The Labute approximate surface area is 160 Å². The van der Waals surface area contributed by atoms with Crippen LogP contribution in [-0.4, -0.2) is 31.5 Å². The molecule has 3 rings (SSSR count). The maximum absolute atomic E-state index is 12.5. The normalized spacial score (nSPS) is 19.3. The van der Waals surface area contributed by atoms with E-state index in [1.807, 2.05) is 6.92 Å². The first-order valence-corrected chi connectivity index (χ1v) is 9.65. The van der Waals surface area contributed by atoms with Gasteiger partial charge in [-0.15, -0.1) is 0 Å². The Hall–Kier alpha value is -2.90. The monoisotopic (exact) mass is 406 g/mol. The van der Waals surface area contributed by atoms with E-state index in [1.165, 1.54) is 36.4 Å². The summed E-state index contributed by atoms with van der Waals surface area (Å²) >= 11 is 0. The maximum Gasteiger partial charge on any atom is 0.269 e.